The number of thiol groups is 1. The first kappa shape index (κ1) is 10.0. The van der Waals surface area contributed by atoms with Crippen LogP contribution < -0.4 is 0 Å². The van der Waals surface area contributed by atoms with Crippen molar-refractivity contribution in [2.75, 3.05) is 12.8 Å². The Balaban J connectivity index is 3.70. The molecule has 0 saturated carbocycles. The highest BCUT2D eigenvalue weighted by Gasteiger charge is 2.17. The average molecular weight is 184 g/mol. The molecule has 0 bridgehead atoms. The number of hydrogen-bond acceptors (Lipinski definition) is 3. The molecule has 0 aromatic rings. The van der Waals surface area contributed by atoms with Crippen molar-refractivity contribution in [2.45, 2.75) is 6.92 Å². The van der Waals surface area contributed by atoms with Crippen molar-refractivity contribution < 1.29 is 19.0 Å². The normalized spacial score (nSPS) is 15.9. The Hall–Kier alpha value is 0.01000. The Morgan fingerprint density at radius 3 is 2.60 bits per heavy atom. The van der Waals surface area contributed by atoms with Crippen LogP contribution in [0.2, 0.25) is 0 Å². The number of esters is 1. The third-order valence-electron chi connectivity index (χ3n) is 0.640. The molecular weight excluding hydrogens is 175 g/mol. The average Bonchev–Trinajstić information content (AvgIpc) is 1.59. The summed E-state index contributed by atoms with van der Waals surface area (Å²) in [6.07, 6.45) is -0.524. The Morgan fingerprint density at radius 2 is 2.30 bits per heavy atom. The van der Waals surface area contributed by atoms with Gasteiger partial charge in [-0.1, -0.05) is 12.2 Å². The Kier molecular flexibility index (Phi) is 4.01. The van der Waals surface area contributed by atoms with Gasteiger partial charge < -0.3 is 9.63 Å². The summed E-state index contributed by atoms with van der Waals surface area (Å²) >= 11 is 3.30. The van der Waals surface area contributed by atoms with E-state index in [4.69, 9.17) is 4.89 Å². The standard InChI is InChI=1S/C4H9O4PS/c1-2-8-4(5)3-9(6,7)10/h2-3H2,1H3,(H2,6,7,10). The summed E-state index contributed by atoms with van der Waals surface area (Å²) < 4.78 is 14.8. The van der Waals surface area contributed by atoms with E-state index in [0.717, 1.165) is 0 Å². The third-order valence-corrected chi connectivity index (χ3v) is 1.73. The van der Waals surface area contributed by atoms with Crippen LogP contribution in [0.3, 0.4) is 0 Å². The van der Waals surface area contributed by atoms with Gasteiger partial charge in [0, 0.05) is 0 Å². The number of carbonyl (C=O) groups excluding carboxylic acids is 1. The molecule has 0 fully saturated rings. The van der Waals surface area contributed by atoms with E-state index in [2.05, 4.69) is 17.0 Å². The molecule has 0 aliphatic heterocycles. The molecule has 0 saturated heterocycles. The molecule has 1 N–H and O–H groups in total. The Morgan fingerprint density at radius 1 is 1.80 bits per heavy atom. The van der Waals surface area contributed by atoms with E-state index in [1.807, 2.05) is 0 Å². The zero-order valence-electron chi connectivity index (χ0n) is 5.48. The van der Waals surface area contributed by atoms with Crippen LogP contribution in [-0.2, 0) is 14.1 Å². The molecule has 6 heteroatoms. The van der Waals surface area contributed by atoms with Crippen LogP contribution in [0.25, 0.3) is 0 Å². The van der Waals surface area contributed by atoms with Gasteiger partial charge in [0.05, 0.1) is 6.61 Å². The van der Waals surface area contributed by atoms with E-state index in [1.165, 1.54) is 0 Å². The van der Waals surface area contributed by atoms with E-state index in [0.29, 0.717) is 0 Å². The maximum atomic E-state index is 10.5. The van der Waals surface area contributed by atoms with Crippen molar-refractivity contribution >= 4 is 24.8 Å². The molecule has 0 aliphatic rings. The summed E-state index contributed by atoms with van der Waals surface area (Å²) in [5, 5.41) is 0. The van der Waals surface area contributed by atoms with E-state index < -0.39 is 18.7 Å². The molecule has 0 heterocycles. The van der Waals surface area contributed by atoms with Crippen LogP contribution in [0.4, 0.5) is 0 Å². The highest BCUT2D eigenvalue weighted by molar-refractivity contribution is 8.46. The Labute approximate surface area is 64.2 Å². The van der Waals surface area contributed by atoms with Crippen molar-refractivity contribution in [3.8, 4) is 0 Å². The highest BCUT2D eigenvalue weighted by atomic mass is 32.7. The van der Waals surface area contributed by atoms with Gasteiger partial charge in [-0.2, -0.15) is 0 Å². The fourth-order valence-electron chi connectivity index (χ4n) is 0.375. The third kappa shape index (κ3) is 6.13. The molecule has 0 aliphatic carbocycles. The molecule has 0 amide bonds. The molecule has 1 atom stereocenters. The summed E-state index contributed by atoms with van der Waals surface area (Å²) in [7, 11) is 0. The first-order valence-electron chi connectivity index (χ1n) is 2.66. The maximum Gasteiger partial charge on any atom is 0.316 e. The van der Waals surface area contributed by atoms with Gasteiger partial charge in [0.1, 0.15) is 6.16 Å². The van der Waals surface area contributed by atoms with Gasteiger partial charge in [0.25, 0.3) is 6.57 Å². The first-order valence-corrected chi connectivity index (χ1v) is 5.65. The van der Waals surface area contributed by atoms with Crippen LogP contribution in [0.15, 0.2) is 0 Å². The lowest BCUT2D eigenvalue weighted by molar-refractivity contribution is -0.140. The molecule has 0 rings (SSSR count). The molecule has 60 valence electrons. The second kappa shape index (κ2) is 4.01. The van der Waals surface area contributed by atoms with Gasteiger partial charge in [-0.15, -0.1) is 0 Å². The summed E-state index contributed by atoms with van der Waals surface area (Å²) in [6, 6.07) is 0. The summed E-state index contributed by atoms with van der Waals surface area (Å²) in [5.41, 5.74) is 0. The Bertz CT molecular complexity index is 163. The van der Waals surface area contributed by atoms with Crippen molar-refractivity contribution in [3.05, 3.63) is 0 Å². The second-order valence-corrected chi connectivity index (χ2v) is 5.15. The predicted molar refractivity (Wildman–Crippen MR) is 40.3 cm³/mol. The van der Waals surface area contributed by atoms with Gasteiger partial charge in [-0.05, 0) is 6.92 Å². The maximum absolute atomic E-state index is 10.5. The number of carbonyl (C=O) groups is 1. The molecule has 0 radical (unpaired) electrons. The van der Waals surface area contributed by atoms with E-state index >= 15 is 0 Å². The van der Waals surface area contributed by atoms with Crippen LogP contribution in [0, 0.1) is 0 Å². The summed E-state index contributed by atoms with van der Waals surface area (Å²) in [5.74, 6) is -0.691. The molecule has 10 heavy (non-hydrogen) atoms. The summed E-state index contributed by atoms with van der Waals surface area (Å²) in [4.78, 5) is 19.0. The highest BCUT2D eigenvalue weighted by Crippen LogP contribution is 2.45. The van der Waals surface area contributed by atoms with Crippen LogP contribution in [0.5, 0.6) is 0 Å². The lowest BCUT2D eigenvalue weighted by Crippen LogP contribution is -2.07. The minimum atomic E-state index is -3.53. The second-order valence-electron chi connectivity index (χ2n) is 1.63. The monoisotopic (exact) mass is 184 g/mol. The minimum Gasteiger partial charge on any atom is -0.466 e. The topological polar surface area (TPSA) is 63.6 Å². The lowest BCUT2D eigenvalue weighted by atomic mass is 10.8. The minimum absolute atomic E-state index is 0.215. The molecular formula is C4H9O4PS. The first-order chi connectivity index (χ1) is 4.45. The predicted octanol–water partition coefficient (Wildman–Crippen LogP) is 0.665. The lowest BCUT2D eigenvalue weighted by Gasteiger charge is -2.02. The summed E-state index contributed by atoms with van der Waals surface area (Å²) in [6.45, 7) is -1.69. The fraction of sp³-hybridized carbons (Fsp3) is 0.750. The zero-order chi connectivity index (χ0) is 8.20. The van der Waals surface area contributed by atoms with Gasteiger partial charge in [-0.3, -0.25) is 9.36 Å². The zero-order valence-corrected chi connectivity index (χ0v) is 7.27. The van der Waals surface area contributed by atoms with Crippen molar-refractivity contribution in [2.24, 2.45) is 0 Å². The molecule has 4 nitrogen and oxygen atoms in total. The molecule has 0 aromatic carbocycles. The smallest absolute Gasteiger partial charge is 0.316 e. The number of rotatable bonds is 3. The van der Waals surface area contributed by atoms with E-state index in [1.54, 1.807) is 6.92 Å². The quantitative estimate of drug-likeness (QED) is 0.384. The SMILES string of the molecule is CCOC(=O)CP(=O)(O)S. The van der Waals surface area contributed by atoms with Crippen molar-refractivity contribution in [1.29, 1.82) is 0 Å². The molecule has 0 aromatic heterocycles. The van der Waals surface area contributed by atoms with Gasteiger partial charge in [-0.25, -0.2) is 0 Å². The van der Waals surface area contributed by atoms with Crippen molar-refractivity contribution in [3.63, 3.8) is 0 Å². The van der Waals surface area contributed by atoms with Gasteiger partial charge >= 0.3 is 5.97 Å². The largest absolute Gasteiger partial charge is 0.466 e. The van der Waals surface area contributed by atoms with Gasteiger partial charge in [0.2, 0.25) is 0 Å². The van der Waals surface area contributed by atoms with E-state index in [-0.39, 0.29) is 6.61 Å². The molecule has 0 spiro atoms. The number of ether oxygens (including phenoxy) is 1. The number of hydrogen-bond donors (Lipinski definition) is 2. The van der Waals surface area contributed by atoms with Crippen LogP contribution in [0.1, 0.15) is 6.92 Å². The fourth-order valence-corrected chi connectivity index (χ4v) is 1.15. The van der Waals surface area contributed by atoms with Gasteiger partial charge in [0.15, 0.2) is 0 Å². The van der Waals surface area contributed by atoms with Crippen LogP contribution >= 0.6 is 18.8 Å². The van der Waals surface area contributed by atoms with Crippen LogP contribution in [-0.4, -0.2) is 23.6 Å². The van der Waals surface area contributed by atoms with E-state index in [9.17, 15) is 9.36 Å². The van der Waals surface area contributed by atoms with Crippen molar-refractivity contribution in [1.82, 2.24) is 0 Å². The molecule has 1 unspecified atom stereocenters.